The zero-order valence-corrected chi connectivity index (χ0v) is 24.2. The highest BCUT2D eigenvalue weighted by molar-refractivity contribution is 6.24. The molecule has 0 amide bonds. The molecule has 0 saturated heterocycles. The maximum atomic E-state index is 6.15. The summed E-state index contributed by atoms with van der Waals surface area (Å²) in [7, 11) is 0. The van der Waals surface area contributed by atoms with Crippen molar-refractivity contribution in [3.63, 3.8) is 0 Å². The molecular formula is C42H24N2O. The second kappa shape index (κ2) is 8.31. The molecule has 0 aliphatic heterocycles. The lowest BCUT2D eigenvalue weighted by molar-refractivity contribution is 0.669. The third kappa shape index (κ3) is 2.99. The number of nitrogens with zero attached hydrogens (tertiary/aromatic N) is 2. The summed E-state index contributed by atoms with van der Waals surface area (Å²) in [6.45, 7) is 0. The van der Waals surface area contributed by atoms with Crippen molar-refractivity contribution in [3.05, 3.63) is 146 Å². The van der Waals surface area contributed by atoms with Crippen LogP contribution in [-0.4, -0.2) is 8.97 Å². The molecule has 11 aromatic rings. The number of aromatic nitrogens is 2. The lowest BCUT2D eigenvalue weighted by Gasteiger charge is -2.09. The van der Waals surface area contributed by atoms with Crippen LogP contribution in [0.15, 0.2) is 150 Å². The Morgan fingerprint density at radius 2 is 0.911 bits per heavy atom. The second-order valence-electron chi connectivity index (χ2n) is 12.2. The van der Waals surface area contributed by atoms with Gasteiger partial charge in [-0.1, -0.05) is 78.9 Å². The Morgan fingerprint density at radius 3 is 1.64 bits per heavy atom. The monoisotopic (exact) mass is 572 g/mol. The van der Waals surface area contributed by atoms with Crippen LogP contribution in [0.4, 0.5) is 0 Å². The molecule has 0 fully saturated rings. The summed E-state index contributed by atoms with van der Waals surface area (Å²) in [6, 6.07) is 52.9. The van der Waals surface area contributed by atoms with Crippen LogP contribution in [0.3, 0.4) is 0 Å². The molecule has 0 saturated carbocycles. The van der Waals surface area contributed by atoms with Gasteiger partial charge in [-0.25, -0.2) is 0 Å². The maximum Gasteiger partial charge on any atom is 0.135 e. The van der Waals surface area contributed by atoms with Crippen molar-refractivity contribution in [3.8, 4) is 16.8 Å². The van der Waals surface area contributed by atoms with Gasteiger partial charge in [0.15, 0.2) is 0 Å². The van der Waals surface area contributed by atoms with Crippen LogP contribution in [0.1, 0.15) is 0 Å². The number of hydrogen-bond donors (Lipinski definition) is 0. The summed E-state index contributed by atoms with van der Waals surface area (Å²) in [4.78, 5) is 0. The van der Waals surface area contributed by atoms with Gasteiger partial charge in [0.1, 0.15) is 11.2 Å². The van der Waals surface area contributed by atoms with Crippen LogP contribution in [0.2, 0.25) is 0 Å². The lowest BCUT2D eigenvalue weighted by atomic mass is 9.98. The molecule has 4 aromatic heterocycles. The number of rotatable bonds is 2. The summed E-state index contributed by atoms with van der Waals surface area (Å²) in [5.74, 6) is 0. The number of hydrogen-bond acceptors (Lipinski definition) is 1. The first-order chi connectivity index (χ1) is 22.3. The van der Waals surface area contributed by atoms with E-state index in [1.54, 1.807) is 0 Å². The third-order valence-electron chi connectivity index (χ3n) is 9.83. The van der Waals surface area contributed by atoms with Gasteiger partial charge in [0.2, 0.25) is 0 Å². The van der Waals surface area contributed by atoms with Gasteiger partial charge in [0.05, 0.1) is 27.6 Å². The van der Waals surface area contributed by atoms with E-state index in [1.165, 1.54) is 71.0 Å². The van der Waals surface area contributed by atoms with E-state index in [9.17, 15) is 0 Å². The molecule has 0 bridgehead atoms. The van der Waals surface area contributed by atoms with Gasteiger partial charge in [-0.2, -0.15) is 0 Å². The molecule has 3 nitrogen and oxygen atoms in total. The molecule has 7 aromatic carbocycles. The van der Waals surface area contributed by atoms with Crippen LogP contribution < -0.4 is 0 Å². The van der Waals surface area contributed by atoms with E-state index in [1.807, 2.05) is 12.1 Å². The largest absolute Gasteiger partial charge is 0.456 e. The molecule has 0 radical (unpaired) electrons. The molecular weight excluding hydrogens is 548 g/mol. The Morgan fingerprint density at radius 1 is 0.356 bits per heavy atom. The van der Waals surface area contributed by atoms with Crippen LogP contribution in [0.5, 0.6) is 0 Å². The van der Waals surface area contributed by atoms with Crippen molar-refractivity contribution >= 4 is 81.8 Å². The minimum atomic E-state index is 0.912. The van der Waals surface area contributed by atoms with E-state index in [0.717, 1.165) is 27.6 Å². The predicted octanol–water partition coefficient (Wildman–Crippen LogP) is 11.5. The van der Waals surface area contributed by atoms with Crippen LogP contribution in [-0.2, 0) is 0 Å². The first-order valence-electron chi connectivity index (χ1n) is 15.4. The maximum absolute atomic E-state index is 6.15. The summed E-state index contributed by atoms with van der Waals surface area (Å²) in [5.41, 5.74) is 11.6. The number of benzene rings is 7. The van der Waals surface area contributed by atoms with Crippen LogP contribution in [0, 0.1) is 0 Å². The Labute approximate surface area is 257 Å². The van der Waals surface area contributed by atoms with E-state index in [4.69, 9.17) is 4.42 Å². The molecule has 0 spiro atoms. The fourth-order valence-corrected chi connectivity index (χ4v) is 7.90. The Hall–Kier alpha value is -6.06. The first-order valence-corrected chi connectivity index (χ1v) is 15.4. The van der Waals surface area contributed by atoms with E-state index < -0.39 is 0 Å². The number of para-hydroxylation sites is 4. The van der Waals surface area contributed by atoms with Gasteiger partial charge in [-0.15, -0.1) is 0 Å². The Balaban J connectivity index is 1.18. The summed E-state index contributed by atoms with van der Waals surface area (Å²) < 4.78 is 11.0. The smallest absolute Gasteiger partial charge is 0.135 e. The SMILES string of the molecule is c1ccc2c(c1)oc1ccc(-n3c4ccccc4c4cc(-c5cc6c7ccccc7n7c8ccccc8c(c5)c67)ccc43)cc12. The Bertz CT molecular complexity index is 2900. The van der Waals surface area contributed by atoms with E-state index >= 15 is 0 Å². The molecule has 0 atom stereocenters. The first kappa shape index (κ1) is 23.4. The summed E-state index contributed by atoms with van der Waals surface area (Å²) >= 11 is 0. The van der Waals surface area contributed by atoms with Crippen molar-refractivity contribution in [2.45, 2.75) is 0 Å². The number of furan rings is 1. The predicted molar refractivity (Wildman–Crippen MR) is 188 cm³/mol. The Kier molecular flexibility index (Phi) is 4.32. The van der Waals surface area contributed by atoms with Crippen molar-refractivity contribution in [1.82, 2.24) is 8.97 Å². The molecule has 0 N–H and O–H groups in total. The van der Waals surface area contributed by atoms with E-state index in [0.29, 0.717) is 0 Å². The lowest BCUT2D eigenvalue weighted by Crippen LogP contribution is -1.93. The zero-order valence-electron chi connectivity index (χ0n) is 24.2. The average Bonchev–Trinajstić information content (AvgIpc) is 3.83. The second-order valence-corrected chi connectivity index (χ2v) is 12.2. The van der Waals surface area contributed by atoms with Crippen LogP contribution >= 0.6 is 0 Å². The fraction of sp³-hybridized carbons (Fsp3) is 0. The third-order valence-corrected chi connectivity index (χ3v) is 9.83. The normalized spacial score (nSPS) is 12.4. The van der Waals surface area contributed by atoms with Crippen molar-refractivity contribution in [2.24, 2.45) is 0 Å². The summed E-state index contributed by atoms with van der Waals surface area (Å²) in [6.07, 6.45) is 0. The average molecular weight is 573 g/mol. The molecule has 0 aliphatic carbocycles. The molecule has 0 unspecified atom stereocenters. The quantitative estimate of drug-likeness (QED) is 0.202. The molecule has 11 rings (SSSR count). The molecule has 45 heavy (non-hydrogen) atoms. The van der Waals surface area contributed by atoms with Gasteiger partial charge in [-0.3, -0.25) is 0 Å². The summed E-state index contributed by atoms with van der Waals surface area (Å²) in [5, 5.41) is 9.98. The van der Waals surface area contributed by atoms with Gasteiger partial charge in [0, 0.05) is 48.8 Å². The topological polar surface area (TPSA) is 22.5 Å². The van der Waals surface area contributed by atoms with E-state index in [2.05, 4.69) is 142 Å². The van der Waals surface area contributed by atoms with Crippen LogP contribution in [0.25, 0.3) is 98.7 Å². The van der Waals surface area contributed by atoms with Crippen molar-refractivity contribution < 1.29 is 4.42 Å². The van der Waals surface area contributed by atoms with Gasteiger partial charge in [0.25, 0.3) is 0 Å². The minimum absolute atomic E-state index is 0.912. The highest BCUT2D eigenvalue weighted by Gasteiger charge is 2.20. The van der Waals surface area contributed by atoms with E-state index in [-0.39, 0.29) is 0 Å². The molecule has 208 valence electrons. The highest BCUT2D eigenvalue weighted by atomic mass is 16.3. The zero-order chi connectivity index (χ0) is 29.2. The molecule has 0 aliphatic rings. The highest BCUT2D eigenvalue weighted by Crippen LogP contribution is 2.43. The molecule has 3 heteroatoms. The van der Waals surface area contributed by atoms with Gasteiger partial charge >= 0.3 is 0 Å². The molecule has 4 heterocycles. The van der Waals surface area contributed by atoms with Gasteiger partial charge < -0.3 is 13.4 Å². The number of fused-ring (bicyclic) bond motifs is 12. The standard InChI is InChI=1S/C42H24N2O/c1-5-13-36-28(9-1)32-21-25(17-19-39(32)43(36)27-18-20-41-33(24-27)31-12-4-8-16-40(31)45-41)26-22-34-29-10-2-6-14-37(29)44-38-15-7-3-11-30(38)35(23-26)42(34)44/h1-24H. The van der Waals surface area contributed by atoms with Gasteiger partial charge in [-0.05, 0) is 77.9 Å². The fourth-order valence-electron chi connectivity index (χ4n) is 7.90. The van der Waals surface area contributed by atoms with Crippen molar-refractivity contribution in [2.75, 3.05) is 0 Å². The van der Waals surface area contributed by atoms with Crippen molar-refractivity contribution in [1.29, 1.82) is 0 Å². The minimum Gasteiger partial charge on any atom is -0.456 e.